The molecule has 33 heavy (non-hydrogen) atoms. The molecule has 0 amide bonds. The van der Waals surface area contributed by atoms with E-state index < -0.39 is 12.4 Å². The van der Waals surface area contributed by atoms with E-state index in [1.807, 2.05) is 24.1 Å². The van der Waals surface area contributed by atoms with Crippen molar-refractivity contribution in [3.8, 4) is 0 Å². The van der Waals surface area contributed by atoms with Crippen LogP contribution in [0, 0.1) is 0 Å². The predicted octanol–water partition coefficient (Wildman–Crippen LogP) is 5.07. The highest BCUT2D eigenvalue weighted by Gasteiger charge is 2.28. The van der Waals surface area contributed by atoms with Gasteiger partial charge in [-0.05, 0) is 67.3 Å². The molecule has 0 aliphatic carbocycles. The fourth-order valence-electron chi connectivity index (χ4n) is 4.71. The summed E-state index contributed by atoms with van der Waals surface area (Å²) in [5, 5.41) is 10.2. The molecule has 0 radical (unpaired) electrons. The fourth-order valence-corrected chi connectivity index (χ4v) is 4.71. The lowest BCUT2D eigenvalue weighted by Gasteiger charge is -2.33. The van der Waals surface area contributed by atoms with Crippen molar-refractivity contribution in [1.82, 2.24) is 14.9 Å². The van der Waals surface area contributed by atoms with Crippen molar-refractivity contribution in [2.24, 2.45) is 0 Å². The summed E-state index contributed by atoms with van der Waals surface area (Å²) in [4.78, 5) is 24.5. The van der Waals surface area contributed by atoms with Crippen LogP contribution < -0.4 is 4.90 Å². The summed E-state index contributed by atoms with van der Waals surface area (Å²) in [7, 11) is 2.02. The van der Waals surface area contributed by atoms with Gasteiger partial charge in [0.15, 0.2) is 11.5 Å². The van der Waals surface area contributed by atoms with E-state index in [0.29, 0.717) is 34.5 Å². The third-order valence-electron chi connectivity index (χ3n) is 6.41. The minimum Gasteiger partial charge on any atom is -0.477 e. The van der Waals surface area contributed by atoms with Crippen molar-refractivity contribution in [3.63, 3.8) is 0 Å². The van der Waals surface area contributed by atoms with E-state index >= 15 is 0 Å². The first-order valence-corrected chi connectivity index (χ1v) is 11.0. The van der Waals surface area contributed by atoms with Crippen molar-refractivity contribution in [1.29, 1.82) is 0 Å². The Morgan fingerprint density at radius 1 is 1.18 bits per heavy atom. The van der Waals surface area contributed by atoms with Crippen LogP contribution in [0.1, 0.15) is 46.4 Å². The normalized spacial score (nSPS) is 16.7. The molecular weight excluding hydrogens is 426 g/mol. The van der Waals surface area contributed by atoms with E-state index in [1.165, 1.54) is 6.07 Å². The Kier molecular flexibility index (Phi) is 5.54. The van der Waals surface area contributed by atoms with Crippen LogP contribution in [0.5, 0.6) is 0 Å². The molecule has 0 fully saturated rings. The van der Waals surface area contributed by atoms with Gasteiger partial charge in [-0.25, -0.2) is 18.6 Å². The summed E-state index contributed by atoms with van der Waals surface area (Å²) in [6, 6.07) is 8.47. The van der Waals surface area contributed by atoms with Crippen LogP contribution in [0.15, 0.2) is 42.6 Å². The zero-order chi connectivity index (χ0) is 23.1. The Balaban J connectivity index is 1.68. The number of carboxylic acid groups (broad SMARTS) is 1. The van der Waals surface area contributed by atoms with Gasteiger partial charge in [0.2, 0.25) is 0 Å². The molecule has 1 N–H and O–H groups in total. The maximum absolute atomic E-state index is 14.2. The molecular formula is C25H24F2N4O2. The summed E-state index contributed by atoms with van der Waals surface area (Å²) in [5.41, 5.74) is 3.65. The number of nitrogens with zero attached hydrogens (tertiary/aromatic N) is 4. The van der Waals surface area contributed by atoms with Gasteiger partial charge in [0.25, 0.3) is 6.43 Å². The highest BCUT2D eigenvalue weighted by Crippen LogP contribution is 2.41. The second-order valence-electron chi connectivity index (χ2n) is 8.58. The molecule has 4 heterocycles. The Morgan fingerprint density at radius 2 is 2.03 bits per heavy atom. The number of carboxylic acids is 1. The summed E-state index contributed by atoms with van der Waals surface area (Å²) in [6.45, 7) is 2.12. The maximum atomic E-state index is 14.2. The number of alkyl halides is 2. The lowest BCUT2D eigenvalue weighted by Crippen LogP contribution is -2.27. The summed E-state index contributed by atoms with van der Waals surface area (Å²) < 4.78 is 28.4. The van der Waals surface area contributed by atoms with Gasteiger partial charge >= 0.3 is 5.97 Å². The van der Waals surface area contributed by atoms with E-state index in [-0.39, 0.29) is 11.3 Å². The Labute approximate surface area is 190 Å². The SMILES string of the molecule is CN1CC=C(c2cc3c(cc2C(F)F)N(c2nc(C(=O)O)cc4cccnc24)CCC3)CC1. The van der Waals surface area contributed by atoms with Gasteiger partial charge in [0, 0.05) is 42.5 Å². The molecule has 0 spiro atoms. The van der Waals surface area contributed by atoms with E-state index in [1.54, 1.807) is 24.4 Å². The molecule has 0 saturated heterocycles. The number of benzene rings is 1. The second kappa shape index (κ2) is 8.51. The third-order valence-corrected chi connectivity index (χ3v) is 6.41. The van der Waals surface area contributed by atoms with E-state index in [4.69, 9.17) is 0 Å². The number of hydrogen-bond donors (Lipinski definition) is 1. The van der Waals surface area contributed by atoms with Crippen molar-refractivity contribution in [2.75, 3.05) is 31.6 Å². The van der Waals surface area contributed by atoms with Crippen molar-refractivity contribution in [2.45, 2.75) is 25.7 Å². The Morgan fingerprint density at radius 3 is 2.76 bits per heavy atom. The van der Waals surface area contributed by atoms with Gasteiger partial charge in [-0.2, -0.15) is 0 Å². The maximum Gasteiger partial charge on any atom is 0.354 e. The quantitative estimate of drug-likeness (QED) is 0.599. The molecule has 1 aromatic carbocycles. The molecule has 0 bridgehead atoms. The lowest BCUT2D eigenvalue weighted by molar-refractivity contribution is 0.0690. The number of fused-ring (bicyclic) bond motifs is 2. The number of aromatic carboxylic acids is 1. The number of carbonyl (C=O) groups is 1. The van der Waals surface area contributed by atoms with Gasteiger partial charge in [-0.1, -0.05) is 12.1 Å². The van der Waals surface area contributed by atoms with Crippen molar-refractivity contribution in [3.05, 3.63) is 65.0 Å². The molecule has 0 unspecified atom stereocenters. The average Bonchev–Trinajstić information content (AvgIpc) is 2.82. The van der Waals surface area contributed by atoms with Crippen LogP contribution >= 0.6 is 0 Å². The van der Waals surface area contributed by atoms with Gasteiger partial charge in [-0.15, -0.1) is 0 Å². The van der Waals surface area contributed by atoms with Crippen LogP contribution in [-0.4, -0.2) is 52.6 Å². The van der Waals surface area contributed by atoms with Crippen LogP contribution in [0.3, 0.4) is 0 Å². The highest BCUT2D eigenvalue weighted by atomic mass is 19.3. The molecule has 0 saturated carbocycles. The van der Waals surface area contributed by atoms with Crippen molar-refractivity contribution < 1.29 is 18.7 Å². The minimum atomic E-state index is -2.62. The van der Waals surface area contributed by atoms with Crippen LogP contribution in [0.4, 0.5) is 20.3 Å². The molecule has 5 rings (SSSR count). The molecule has 2 aliphatic heterocycles. The summed E-state index contributed by atoms with van der Waals surface area (Å²) in [6.07, 6.45) is 3.33. The summed E-state index contributed by atoms with van der Waals surface area (Å²) in [5.74, 6) is -0.755. The first kappa shape index (κ1) is 21.5. The fraction of sp³-hybridized carbons (Fsp3) is 0.320. The summed E-state index contributed by atoms with van der Waals surface area (Å²) >= 11 is 0. The zero-order valence-corrected chi connectivity index (χ0v) is 18.3. The van der Waals surface area contributed by atoms with Gasteiger partial charge < -0.3 is 14.9 Å². The minimum absolute atomic E-state index is 0.00288. The first-order chi connectivity index (χ1) is 15.9. The molecule has 6 nitrogen and oxygen atoms in total. The molecule has 2 aliphatic rings. The highest BCUT2D eigenvalue weighted by molar-refractivity contribution is 5.97. The topological polar surface area (TPSA) is 69.6 Å². The number of likely N-dealkylation sites (N-methyl/N-ethyl adjacent to an activating group) is 1. The molecule has 0 atom stereocenters. The number of halogens is 2. The van der Waals surface area contributed by atoms with Crippen LogP contribution in [0.2, 0.25) is 0 Å². The number of rotatable bonds is 4. The number of aromatic nitrogens is 2. The molecule has 170 valence electrons. The average molecular weight is 450 g/mol. The van der Waals surface area contributed by atoms with E-state index in [0.717, 1.165) is 43.5 Å². The predicted molar refractivity (Wildman–Crippen MR) is 123 cm³/mol. The smallest absolute Gasteiger partial charge is 0.354 e. The first-order valence-electron chi connectivity index (χ1n) is 11.0. The lowest BCUT2D eigenvalue weighted by atomic mass is 9.89. The molecule has 3 aromatic rings. The molecule has 2 aromatic heterocycles. The second-order valence-corrected chi connectivity index (χ2v) is 8.58. The van der Waals surface area contributed by atoms with Crippen LogP contribution in [-0.2, 0) is 6.42 Å². The third kappa shape index (κ3) is 3.95. The Bertz CT molecular complexity index is 1270. The zero-order valence-electron chi connectivity index (χ0n) is 18.3. The standard InChI is InChI=1S/C25H24F2N4O2/c1-30-10-6-15(7-11-30)18-12-16-5-3-9-31(21(16)14-19(18)23(26)27)24-22-17(4-2-8-28-22)13-20(29-24)25(32)33/h2,4,6,8,12-14,23H,3,5,7,9-11H2,1H3,(H,32,33). The number of anilines is 2. The number of hydrogen-bond acceptors (Lipinski definition) is 5. The monoisotopic (exact) mass is 450 g/mol. The van der Waals surface area contributed by atoms with Crippen LogP contribution in [0.25, 0.3) is 16.5 Å². The Hall–Kier alpha value is -3.39. The van der Waals surface area contributed by atoms with Gasteiger partial charge in [0.1, 0.15) is 5.52 Å². The van der Waals surface area contributed by atoms with Gasteiger partial charge in [0.05, 0.1) is 0 Å². The van der Waals surface area contributed by atoms with Crippen molar-refractivity contribution >= 4 is 34.0 Å². The van der Waals surface area contributed by atoms with E-state index in [9.17, 15) is 18.7 Å². The number of aryl methyl sites for hydroxylation is 1. The van der Waals surface area contributed by atoms with E-state index in [2.05, 4.69) is 14.9 Å². The largest absolute Gasteiger partial charge is 0.477 e. The van der Waals surface area contributed by atoms with Gasteiger partial charge in [-0.3, -0.25) is 4.98 Å². The number of pyridine rings is 2. The molecule has 8 heteroatoms.